The molecule has 0 spiro atoms. The van der Waals surface area contributed by atoms with Crippen LogP contribution in [0, 0.1) is 6.92 Å². The van der Waals surface area contributed by atoms with E-state index in [1.165, 1.54) is 22.0 Å². The summed E-state index contributed by atoms with van der Waals surface area (Å²) >= 11 is 0. The van der Waals surface area contributed by atoms with E-state index in [-0.39, 0.29) is 0 Å². The number of nitrogens with two attached hydrogens (primary N) is 1. The van der Waals surface area contributed by atoms with Crippen LogP contribution < -0.4 is 10.6 Å². The van der Waals surface area contributed by atoms with Crippen molar-refractivity contribution in [3.63, 3.8) is 0 Å². The average molecular weight is 242 g/mol. The molecule has 2 nitrogen and oxygen atoms in total. The summed E-state index contributed by atoms with van der Waals surface area (Å²) in [5, 5.41) is 2.62. The predicted octanol–water partition coefficient (Wildman–Crippen LogP) is 3.32. The largest absolute Gasteiger partial charge is 0.375 e. The minimum absolute atomic E-state index is 0.783. The molecule has 0 amide bonds. The van der Waals surface area contributed by atoms with Gasteiger partial charge in [-0.15, -0.1) is 0 Å². The Kier molecular flexibility index (Phi) is 4.21. The summed E-state index contributed by atoms with van der Waals surface area (Å²) in [6.45, 7) is 3.98. The fourth-order valence-electron chi connectivity index (χ4n) is 2.21. The number of fused-ring (bicyclic) bond motifs is 1. The van der Waals surface area contributed by atoms with Gasteiger partial charge in [0.15, 0.2) is 0 Å². The van der Waals surface area contributed by atoms with Gasteiger partial charge in [0.2, 0.25) is 0 Å². The molecule has 0 aliphatic heterocycles. The first-order chi connectivity index (χ1) is 8.70. The highest BCUT2D eigenvalue weighted by molar-refractivity contribution is 5.86. The summed E-state index contributed by atoms with van der Waals surface area (Å²) in [5.74, 6) is 0. The van der Waals surface area contributed by atoms with E-state index in [1.54, 1.807) is 0 Å². The fraction of sp³-hybridized carbons (Fsp3) is 0.375. The molecule has 0 heterocycles. The highest BCUT2D eigenvalue weighted by atomic mass is 15.1. The lowest BCUT2D eigenvalue weighted by Crippen LogP contribution is -2.19. The lowest BCUT2D eigenvalue weighted by Gasteiger charge is -2.19. The van der Waals surface area contributed by atoms with Crippen LogP contribution in [0.3, 0.4) is 0 Å². The van der Waals surface area contributed by atoms with Crippen molar-refractivity contribution in [1.82, 2.24) is 0 Å². The Morgan fingerprint density at radius 2 is 1.72 bits per heavy atom. The van der Waals surface area contributed by atoms with E-state index in [4.69, 9.17) is 5.73 Å². The van der Waals surface area contributed by atoms with Crippen molar-refractivity contribution in [2.75, 3.05) is 25.0 Å². The highest BCUT2D eigenvalue weighted by Gasteiger charge is 2.02. The normalized spacial score (nSPS) is 10.8. The van der Waals surface area contributed by atoms with Crippen molar-refractivity contribution in [2.45, 2.75) is 19.8 Å². The first-order valence-electron chi connectivity index (χ1n) is 6.62. The van der Waals surface area contributed by atoms with Crippen molar-refractivity contribution in [3.8, 4) is 0 Å². The molecule has 0 saturated heterocycles. The monoisotopic (exact) mass is 242 g/mol. The Labute approximate surface area is 109 Å². The van der Waals surface area contributed by atoms with Crippen LogP contribution in [-0.4, -0.2) is 20.1 Å². The van der Waals surface area contributed by atoms with Gasteiger partial charge < -0.3 is 10.6 Å². The fourth-order valence-corrected chi connectivity index (χ4v) is 2.21. The third-order valence-electron chi connectivity index (χ3n) is 3.37. The Morgan fingerprint density at radius 1 is 1.00 bits per heavy atom. The van der Waals surface area contributed by atoms with E-state index < -0.39 is 0 Å². The SMILES string of the molecule is Cc1ccc2cc(N(C)CCCCN)ccc2c1. The van der Waals surface area contributed by atoms with Gasteiger partial charge in [-0.3, -0.25) is 0 Å². The van der Waals surface area contributed by atoms with Gasteiger partial charge in [-0.2, -0.15) is 0 Å². The Hall–Kier alpha value is -1.54. The van der Waals surface area contributed by atoms with E-state index in [0.717, 1.165) is 25.9 Å². The molecule has 0 atom stereocenters. The maximum Gasteiger partial charge on any atom is 0.0370 e. The summed E-state index contributed by atoms with van der Waals surface area (Å²) in [7, 11) is 2.14. The van der Waals surface area contributed by atoms with E-state index >= 15 is 0 Å². The van der Waals surface area contributed by atoms with Crippen LogP contribution in [0.2, 0.25) is 0 Å². The molecule has 0 aliphatic carbocycles. The van der Waals surface area contributed by atoms with E-state index in [2.05, 4.69) is 55.3 Å². The Balaban J connectivity index is 2.16. The number of aryl methyl sites for hydroxylation is 1. The molecule has 0 unspecified atom stereocenters. The molecular weight excluding hydrogens is 220 g/mol. The molecule has 96 valence electrons. The van der Waals surface area contributed by atoms with Gasteiger partial charge in [0.05, 0.1) is 0 Å². The van der Waals surface area contributed by atoms with Crippen LogP contribution in [0.5, 0.6) is 0 Å². The summed E-state index contributed by atoms with van der Waals surface area (Å²) in [6, 6.07) is 13.3. The van der Waals surface area contributed by atoms with Gasteiger partial charge >= 0.3 is 0 Å². The van der Waals surface area contributed by atoms with Gasteiger partial charge in [0.25, 0.3) is 0 Å². The summed E-state index contributed by atoms with van der Waals surface area (Å²) in [4.78, 5) is 2.30. The Morgan fingerprint density at radius 3 is 2.50 bits per heavy atom. The number of benzene rings is 2. The van der Waals surface area contributed by atoms with Crippen LogP contribution in [0.4, 0.5) is 5.69 Å². The van der Waals surface area contributed by atoms with Crippen LogP contribution >= 0.6 is 0 Å². The van der Waals surface area contributed by atoms with E-state index in [1.807, 2.05) is 0 Å². The smallest absolute Gasteiger partial charge is 0.0370 e. The highest BCUT2D eigenvalue weighted by Crippen LogP contribution is 2.22. The first-order valence-corrected chi connectivity index (χ1v) is 6.62. The van der Waals surface area contributed by atoms with Crippen LogP contribution in [0.25, 0.3) is 10.8 Å². The van der Waals surface area contributed by atoms with Crippen LogP contribution in [0.1, 0.15) is 18.4 Å². The van der Waals surface area contributed by atoms with Gasteiger partial charge in [-0.05, 0) is 49.2 Å². The quantitative estimate of drug-likeness (QED) is 0.815. The second-order valence-electron chi connectivity index (χ2n) is 4.95. The van der Waals surface area contributed by atoms with Crippen molar-refractivity contribution in [1.29, 1.82) is 0 Å². The van der Waals surface area contributed by atoms with Gasteiger partial charge in [0.1, 0.15) is 0 Å². The molecular formula is C16H22N2. The molecule has 0 radical (unpaired) electrons. The molecule has 18 heavy (non-hydrogen) atoms. The molecule has 2 aromatic rings. The zero-order chi connectivity index (χ0) is 13.0. The van der Waals surface area contributed by atoms with E-state index in [0.29, 0.717) is 0 Å². The number of hydrogen-bond donors (Lipinski definition) is 1. The van der Waals surface area contributed by atoms with E-state index in [9.17, 15) is 0 Å². The molecule has 0 aromatic heterocycles. The third kappa shape index (κ3) is 3.02. The molecule has 2 aromatic carbocycles. The minimum Gasteiger partial charge on any atom is -0.375 e. The van der Waals surface area contributed by atoms with Crippen molar-refractivity contribution < 1.29 is 0 Å². The third-order valence-corrected chi connectivity index (χ3v) is 3.37. The molecule has 2 heteroatoms. The summed E-state index contributed by atoms with van der Waals surface area (Å²) in [5.41, 5.74) is 8.12. The van der Waals surface area contributed by atoms with Crippen LogP contribution in [-0.2, 0) is 0 Å². The summed E-state index contributed by atoms with van der Waals surface area (Å²) in [6.07, 6.45) is 2.25. The lowest BCUT2D eigenvalue weighted by molar-refractivity contribution is 0.728. The van der Waals surface area contributed by atoms with Crippen molar-refractivity contribution in [2.24, 2.45) is 5.73 Å². The maximum absolute atomic E-state index is 5.52. The number of nitrogens with zero attached hydrogens (tertiary/aromatic N) is 1. The number of hydrogen-bond acceptors (Lipinski definition) is 2. The minimum atomic E-state index is 0.783. The zero-order valence-electron chi connectivity index (χ0n) is 11.3. The maximum atomic E-state index is 5.52. The first kappa shape index (κ1) is 12.9. The van der Waals surface area contributed by atoms with Gasteiger partial charge in [-0.25, -0.2) is 0 Å². The molecule has 2 N–H and O–H groups in total. The zero-order valence-corrected chi connectivity index (χ0v) is 11.3. The standard InChI is InChI=1S/C16H22N2/c1-13-5-6-15-12-16(8-7-14(15)11-13)18(2)10-4-3-9-17/h5-8,11-12H,3-4,9-10,17H2,1-2H3. The Bertz CT molecular complexity index is 519. The van der Waals surface area contributed by atoms with Gasteiger partial charge in [0, 0.05) is 19.3 Å². The predicted molar refractivity (Wildman–Crippen MR) is 80.2 cm³/mol. The van der Waals surface area contributed by atoms with Crippen LogP contribution in [0.15, 0.2) is 36.4 Å². The second kappa shape index (κ2) is 5.87. The second-order valence-corrected chi connectivity index (χ2v) is 4.95. The average Bonchev–Trinajstić information content (AvgIpc) is 2.38. The topological polar surface area (TPSA) is 29.3 Å². The van der Waals surface area contributed by atoms with Crippen molar-refractivity contribution >= 4 is 16.5 Å². The molecule has 0 saturated carbocycles. The molecule has 0 aliphatic rings. The van der Waals surface area contributed by atoms with Crippen molar-refractivity contribution in [3.05, 3.63) is 42.0 Å². The summed E-state index contributed by atoms with van der Waals surface area (Å²) < 4.78 is 0. The number of rotatable bonds is 5. The van der Waals surface area contributed by atoms with Gasteiger partial charge in [-0.1, -0.05) is 29.8 Å². The number of anilines is 1. The molecule has 0 bridgehead atoms. The molecule has 2 rings (SSSR count). The molecule has 0 fully saturated rings. The number of unbranched alkanes of at least 4 members (excludes halogenated alkanes) is 1. The lowest BCUT2D eigenvalue weighted by atomic mass is 10.1.